The lowest BCUT2D eigenvalue weighted by Crippen LogP contribution is -2.48. The van der Waals surface area contributed by atoms with Crippen LogP contribution in [0.15, 0.2) is 17.1 Å². The largest absolute Gasteiger partial charge is 0.507 e. The summed E-state index contributed by atoms with van der Waals surface area (Å²) in [5.74, 6) is 0.834. The standard InChI is InChI=1S/C18H30N4O2.HI/c1-7-19-17(21-11-15(23)22-18(4,5)6)20-10-14-8-12(2)16(24)13(3)9-14;/h8-9,24H,7,10-11H2,1-6H3,(H,22,23)(H2,19,20,21);1H. The van der Waals surface area contributed by atoms with E-state index in [4.69, 9.17) is 0 Å². The second kappa shape index (κ2) is 10.5. The number of carbonyl (C=O) groups is 1. The molecule has 142 valence electrons. The van der Waals surface area contributed by atoms with Crippen molar-refractivity contribution in [3.8, 4) is 5.75 Å². The Morgan fingerprint density at radius 2 is 1.72 bits per heavy atom. The van der Waals surface area contributed by atoms with Crippen molar-refractivity contribution in [3.05, 3.63) is 28.8 Å². The van der Waals surface area contributed by atoms with E-state index in [1.54, 1.807) is 0 Å². The number of nitrogens with one attached hydrogen (secondary N) is 3. The predicted octanol–water partition coefficient (Wildman–Crippen LogP) is 2.60. The molecule has 6 nitrogen and oxygen atoms in total. The molecule has 0 aliphatic carbocycles. The molecule has 0 spiro atoms. The summed E-state index contributed by atoms with van der Waals surface area (Å²) in [6, 6.07) is 3.84. The minimum atomic E-state index is -0.255. The van der Waals surface area contributed by atoms with E-state index in [1.807, 2.05) is 53.7 Å². The molecule has 1 aromatic rings. The summed E-state index contributed by atoms with van der Waals surface area (Å²) in [6.45, 7) is 12.9. The number of aromatic hydroxyl groups is 1. The predicted molar refractivity (Wildman–Crippen MR) is 114 cm³/mol. The van der Waals surface area contributed by atoms with Gasteiger partial charge in [-0.05, 0) is 58.2 Å². The molecule has 0 radical (unpaired) electrons. The number of amides is 1. The van der Waals surface area contributed by atoms with Gasteiger partial charge in [-0.25, -0.2) is 4.99 Å². The number of benzene rings is 1. The van der Waals surface area contributed by atoms with Crippen LogP contribution in [0.4, 0.5) is 0 Å². The summed E-state index contributed by atoms with van der Waals surface area (Å²) in [5, 5.41) is 18.9. The van der Waals surface area contributed by atoms with Crippen LogP contribution in [0.1, 0.15) is 44.4 Å². The quantitative estimate of drug-likeness (QED) is 0.308. The Morgan fingerprint density at radius 3 is 2.20 bits per heavy atom. The van der Waals surface area contributed by atoms with Crippen molar-refractivity contribution in [2.24, 2.45) is 4.99 Å². The number of hydrogen-bond acceptors (Lipinski definition) is 3. The van der Waals surface area contributed by atoms with Crippen LogP contribution in [0.3, 0.4) is 0 Å². The van der Waals surface area contributed by atoms with E-state index in [0.29, 0.717) is 24.8 Å². The van der Waals surface area contributed by atoms with Crippen molar-refractivity contribution < 1.29 is 9.90 Å². The number of hydrogen-bond donors (Lipinski definition) is 4. The summed E-state index contributed by atoms with van der Waals surface area (Å²) < 4.78 is 0. The van der Waals surface area contributed by atoms with Crippen molar-refractivity contribution in [1.29, 1.82) is 0 Å². The molecule has 0 atom stereocenters. The van der Waals surface area contributed by atoms with Crippen molar-refractivity contribution in [2.75, 3.05) is 13.1 Å². The summed E-state index contributed by atoms with van der Waals surface area (Å²) in [6.07, 6.45) is 0. The number of phenolic OH excluding ortho intramolecular Hbond substituents is 1. The fourth-order valence-electron chi connectivity index (χ4n) is 2.28. The molecule has 0 saturated carbocycles. The lowest BCUT2D eigenvalue weighted by atomic mass is 10.1. The topological polar surface area (TPSA) is 85.8 Å². The van der Waals surface area contributed by atoms with Gasteiger partial charge in [0.25, 0.3) is 0 Å². The van der Waals surface area contributed by atoms with Crippen LogP contribution in [0.25, 0.3) is 0 Å². The molecule has 0 aromatic heterocycles. The Bertz CT molecular complexity index is 587. The maximum atomic E-state index is 11.9. The number of nitrogens with zero attached hydrogens (tertiary/aromatic N) is 1. The van der Waals surface area contributed by atoms with E-state index < -0.39 is 0 Å². The van der Waals surface area contributed by atoms with Gasteiger partial charge < -0.3 is 21.1 Å². The molecule has 4 N–H and O–H groups in total. The average molecular weight is 462 g/mol. The highest BCUT2D eigenvalue weighted by molar-refractivity contribution is 14.0. The zero-order valence-corrected chi connectivity index (χ0v) is 18.3. The van der Waals surface area contributed by atoms with E-state index in [1.165, 1.54) is 0 Å². The third-order valence-corrected chi connectivity index (χ3v) is 3.25. The molecule has 0 saturated heterocycles. The molecular formula is C18H31IN4O2. The van der Waals surface area contributed by atoms with Gasteiger partial charge in [-0.15, -0.1) is 24.0 Å². The van der Waals surface area contributed by atoms with Crippen LogP contribution < -0.4 is 16.0 Å². The van der Waals surface area contributed by atoms with Crippen LogP contribution >= 0.6 is 24.0 Å². The first-order valence-corrected chi connectivity index (χ1v) is 8.24. The second-order valence-electron chi connectivity index (χ2n) is 6.93. The molecule has 0 aliphatic rings. The van der Waals surface area contributed by atoms with E-state index >= 15 is 0 Å². The normalized spacial score (nSPS) is 11.5. The molecule has 0 fully saturated rings. The number of aryl methyl sites for hydroxylation is 2. The molecule has 1 rings (SSSR count). The maximum Gasteiger partial charge on any atom is 0.239 e. The molecule has 0 heterocycles. The van der Waals surface area contributed by atoms with E-state index in [0.717, 1.165) is 16.7 Å². The number of carbonyl (C=O) groups excluding carboxylic acids is 1. The number of halogens is 1. The number of rotatable bonds is 5. The Morgan fingerprint density at radius 1 is 1.16 bits per heavy atom. The molecule has 0 bridgehead atoms. The van der Waals surface area contributed by atoms with Crippen LogP contribution in [0, 0.1) is 13.8 Å². The summed E-state index contributed by atoms with van der Waals surface area (Å²) in [5.41, 5.74) is 2.43. The van der Waals surface area contributed by atoms with Crippen molar-refractivity contribution >= 4 is 35.8 Å². The van der Waals surface area contributed by atoms with Gasteiger partial charge in [-0.2, -0.15) is 0 Å². The third-order valence-electron chi connectivity index (χ3n) is 3.25. The zero-order chi connectivity index (χ0) is 18.3. The molecule has 0 aliphatic heterocycles. The van der Waals surface area contributed by atoms with Gasteiger partial charge in [0, 0.05) is 12.1 Å². The van der Waals surface area contributed by atoms with E-state index in [9.17, 15) is 9.90 Å². The second-order valence-corrected chi connectivity index (χ2v) is 6.93. The van der Waals surface area contributed by atoms with Gasteiger partial charge in [-0.1, -0.05) is 12.1 Å². The van der Waals surface area contributed by atoms with Crippen LogP contribution in [0.2, 0.25) is 0 Å². The smallest absolute Gasteiger partial charge is 0.239 e. The lowest BCUT2D eigenvalue weighted by molar-refractivity contribution is -0.121. The minimum absolute atomic E-state index is 0. The fraction of sp³-hybridized carbons (Fsp3) is 0.556. The van der Waals surface area contributed by atoms with Crippen molar-refractivity contribution in [3.63, 3.8) is 0 Å². The first-order chi connectivity index (χ1) is 11.1. The third kappa shape index (κ3) is 8.94. The molecular weight excluding hydrogens is 431 g/mol. The number of aliphatic imine (C=N–C) groups is 1. The van der Waals surface area contributed by atoms with Crippen LogP contribution in [0.5, 0.6) is 5.75 Å². The van der Waals surface area contributed by atoms with Crippen LogP contribution in [-0.2, 0) is 11.3 Å². The maximum absolute atomic E-state index is 11.9. The van der Waals surface area contributed by atoms with Gasteiger partial charge in [-0.3, -0.25) is 4.79 Å². The monoisotopic (exact) mass is 462 g/mol. The van der Waals surface area contributed by atoms with Crippen LogP contribution in [-0.4, -0.2) is 35.6 Å². The van der Waals surface area contributed by atoms with Crippen molar-refractivity contribution in [2.45, 2.75) is 53.6 Å². The Labute approximate surface area is 167 Å². The Balaban J connectivity index is 0.00000576. The highest BCUT2D eigenvalue weighted by Crippen LogP contribution is 2.23. The molecule has 1 aromatic carbocycles. The lowest BCUT2D eigenvalue weighted by Gasteiger charge is -2.21. The molecule has 7 heteroatoms. The summed E-state index contributed by atoms with van der Waals surface area (Å²) >= 11 is 0. The highest BCUT2D eigenvalue weighted by Gasteiger charge is 2.13. The first kappa shape index (κ1) is 23.5. The van der Waals surface area contributed by atoms with Gasteiger partial charge >= 0.3 is 0 Å². The minimum Gasteiger partial charge on any atom is -0.507 e. The highest BCUT2D eigenvalue weighted by atomic mass is 127. The SMILES string of the molecule is CCNC(=NCc1cc(C)c(O)c(C)c1)NCC(=O)NC(C)(C)C.I. The number of guanidine groups is 1. The number of phenols is 1. The van der Waals surface area contributed by atoms with Gasteiger partial charge in [0.05, 0.1) is 13.1 Å². The summed E-state index contributed by atoms with van der Waals surface area (Å²) in [7, 11) is 0. The van der Waals surface area contributed by atoms with Gasteiger partial charge in [0.15, 0.2) is 5.96 Å². The van der Waals surface area contributed by atoms with Gasteiger partial charge in [0.1, 0.15) is 5.75 Å². The molecule has 25 heavy (non-hydrogen) atoms. The average Bonchev–Trinajstić information content (AvgIpc) is 2.45. The molecule has 1 amide bonds. The fourth-order valence-corrected chi connectivity index (χ4v) is 2.28. The Hall–Kier alpha value is -1.51. The Kier molecular flexibility index (Phi) is 9.84. The zero-order valence-electron chi connectivity index (χ0n) is 16.0. The summed E-state index contributed by atoms with van der Waals surface area (Å²) in [4.78, 5) is 16.4. The van der Waals surface area contributed by atoms with Gasteiger partial charge in [0.2, 0.25) is 5.91 Å². The van der Waals surface area contributed by atoms with E-state index in [-0.39, 0.29) is 42.0 Å². The van der Waals surface area contributed by atoms with Crippen molar-refractivity contribution in [1.82, 2.24) is 16.0 Å². The first-order valence-electron chi connectivity index (χ1n) is 8.24. The van der Waals surface area contributed by atoms with E-state index in [2.05, 4.69) is 20.9 Å². The molecule has 0 unspecified atom stereocenters.